The highest BCUT2D eigenvalue weighted by molar-refractivity contribution is 6.00. The van der Waals surface area contributed by atoms with Crippen LogP contribution in [0.5, 0.6) is 0 Å². The maximum absolute atomic E-state index is 7.91. The molecule has 1 aromatic carbocycles. The molecule has 1 N–H and O–H groups in total. The molecule has 3 aromatic rings. The fraction of sp³-hybridized carbons (Fsp3) is 0.333. The minimum atomic E-state index is -0.404. The lowest BCUT2D eigenvalue weighted by molar-refractivity contribution is 0.315. The van der Waals surface area contributed by atoms with Gasteiger partial charge in [0.1, 0.15) is 16.7 Å². The Morgan fingerprint density at radius 2 is 2.19 bits per heavy atom. The van der Waals surface area contributed by atoms with Gasteiger partial charge in [0.15, 0.2) is 5.82 Å². The van der Waals surface area contributed by atoms with E-state index in [-0.39, 0.29) is 11.8 Å². The van der Waals surface area contributed by atoms with Crippen LogP contribution >= 0.6 is 0 Å². The number of hydrogen-bond acceptors (Lipinski definition) is 6. The van der Waals surface area contributed by atoms with E-state index >= 15 is 0 Å². The molecule has 3 unspecified atom stereocenters. The lowest BCUT2D eigenvalue weighted by Gasteiger charge is -2.28. The van der Waals surface area contributed by atoms with Crippen molar-refractivity contribution >= 4 is 28.8 Å². The second kappa shape index (κ2) is 5.88. The molecule has 128 valence electrons. The van der Waals surface area contributed by atoms with Crippen LogP contribution in [0.4, 0.5) is 5.82 Å². The standard InChI is InChI=1S/C18H15N7O/c1-19-17-14(11-3-2-4-13-16(11)25-26-24-13)12-9-21-23-18(12)22-15(17)10-5-7-20-8-6-10/h2-4,7,9-10,14,17H,5-6,8H2,(H,21,23). The molecular weight excluding hydrogens is 330 g/mol. The topological polar surface area (TPSA) is 96.7 Å². The molecule has 0 bridgehead atoms. The average Bonchev–Trinajstić information content (AvgIpc) is 3.36. The van der Waals surface area contributed by atoms with Gasteiger partial charge in [0.25, 0.3) is 6.04 Å². The van der Waals surface area contributed by atoms with E-state index in [1.54, 1.807) is 6.20 Å². The van der Waals surface area contributed by atoms with Crippen LogP contribution in [0.2, 0.25) is 0 Å². The summed E-state index contributed by atoms with van der Waals surface area (Å²) >= 11 is 0. The zero-order valence-electron chi connectivity index (χ0n) is 13.8. The Kier molecular flexibility index (Phi) is 3.38. The maximum atomic E-state index is 7.91. The summed E-state index contributed by atoms with van der Waals surface area (Å²) in [6, 6.07) is 5.35. The van der Waals surface area contributed by atoms with E-state index in [1.165, 1.54) is 0 Å². The monoisotopic (exact) mass is 345 g/mol. The summed E-state index contributed by atoms with van der Waals surface area (Å²) in [6.07, 6.45) is 5.43. The van der Waals surface area contributed by atoms with Gasteiger partial charge in [-0.25, -0.2) is 16.2 Å². The van der Waals surface area contributed by atoms with Gasteiger partial charge in [0, 0.05) is 18.0 Å². The van der Waals surface area contributed by atoms with Crippen molar-refractivity contribution in [3.8, 4) is 0 Å². The van der Waals surface area contributed by atoms with Crippen molar-refractivity contribution in [1.82, 2.24) is 20.5 Å². The predicted octanol–water partition coefficient (Wildman–Crippen LogP) is 2.93. The Labute approximate surface area is 148 Å². The van der Waals surface area contributed by atoms with E-state index in [0.29, 0.717) is 11.0 Å². The van der Waals surface area contributed by atoms with Crippen LogP contribution in [0.25, 0.3) is 15.9 Å². The summed E-state index contributed by atoms with van der Waals surface area (Å²) in [5.74, 6) is 0.740. The van der Waals surface area contributed by atoms with E-state index in [4.69, 9.17) is 16.2 Å². The first-order valence-electron chi connectivity index (χ1n) is 8.54. The molecule has 3 atom stereocenters. The number of nitrogens with zero attached hydrogens (tertiary/aromatic N) is 6. The molecule has 0 fully saturated rings. The normalized spacial score (nSPS) is 24.9. The van der Waals surface area contributed by atoms with Crippen molar-refractivity contribution in [2.45, 2.75) is 24.8 Å². The first kappa shape index (κ1) is 15.0. The minimum Gasteiger partial charge on any atom is -0.306 e. The molecule has 0 amide bonds. The quantitative estimate of drug-likeness (QED) is 0.722. The number of hydrogen-bond donors (Lipinski definition) is 1. The molecular formula is C18H15N7O. The zero-order chi connectivity index (χ0) is 17.5. The van der Waals surface area contributed by atoms with Crippen molar-refractivity contribution < 1.29 is 4.63 Å². The van der Waals surface area contributed by atoms with Crippen LogP contribution in [0.1, 0.15) is 29.9 Å². The average molecular weight is 345 g/mol. The molecule has 8 heteroatoms. The number of nitrogens with one attached hydrogen (secondary N) is 1. The molecule has 0 aliphatic carbocycles. The van der Waals surface area contributed by atoms with Crippen LogP contribution < -0.4 is 0 Å². The molecule has 0 spiro atoms. The molecule has 5 rings (SSSR count). The third-order valence-corrected chi connectivity index (χ3v) is 5.18. The molecule has 4 heterocycles. The third kappa shape index (κ3) is 2.17. The largest absolute Gasteiger partial charge is 0.306 e. The number of benzene rings is 1. The van der Waals surface area contributed by atoms with Gasteiger partial charge >= 0.3 is 0 Å². The molecule has 0 saturated carbocycles. The Balaban J connectivity index is 1.70. The molecule has 2 aromatic heterocycles. The maximum Gasteiger partial charge on any atom is 0.272 e. The smallest absolute Gasteiger partial charge is 0.272 e. The number of rotatable bonds is 2. The van der Waals surface area contributed by atoms with Crippen molar-refractivity contribution in [3.05, 3.63) is 46.9 Å². The van der Waals surface area contributed by atoms with Crippen LogP contribution in [0.15, 0.2) is 39.0 Å². The molecule has 2 aliphatic heterocycles. The van der Waals surface area contributed by atoms with Crippen LogP contribution in [0.3, 0.4) is 0 Å². The molecule has 26 heavy (non-hydrogen) atoms. The van der Waals surface area contributed by atoms with E-state index in [2.05, 4.69) is 30.3 Å². The fourth-order valence-electron chi connectivity index (χ4n) is 3.94. The highest BCUT2D eigenvalue weighted by atomic mass is 16.6. The summed E-state index contributed by atoms with van der Waals surface area (Å²) in [7, 11) is 0. The third-order valence-electron chi connectivity index (χ3n) is 5.18. The Bertz CT molecular complexity index is 1070. The minimum absolute atomic E-state index is 0.205. The summed E-state index contributed by atoms with van der Waals surface area (Å²) in [5, 5.41) is 15.2. The number of aliphatic imine (C=N–C) groups is 2. The zero-order valence-corrected chi connectivity index (χ0v) is 13.8. The molecule has 8 nitrogen and oxygen atoms in total. The Hall–Kier alpha value is -3.34. The predicted molar refractivity (Wildman–Crippen MR) is 95.8 cm³/mol. The van der Waals surface area contributed by atoms with Gasteiger partial charge in [0.05, 0.1) is 12.1 Å². The number of aromatic amines is 1. The van der Waals surface area contributed by atoms with Crippen LogP contribution in [-0.2, 0) is 0 Å². The van der Waals surface area contributed by atoms with Gasteiger partial charge in [-0.2, -0.15) is 5.10 Å². The first-order chi connectivity index (χ1) is 12.9. The summed E-state index contributed by atoms with van der Waals surface area (Å²) in [4.78, 5) is 13.1. The summed E-state index contributed by atoms with van der Waals surface area (Å²) in [5.41, 5.74) is 4.11. The van der Waals surface area contributed by atoms with Crippen LogP contribution in [-0.4, -0.2) is 45.0 Å². The van der Waals surface area contributed by atoms with Crippen LogP contribution in [0, 0.1) is 12.5 Å². The highest BCUT2D eigenvalue weighted by Gasteiger charge is 2.44. The van der Waals surface area contributed by atoms with E-state index in [0.717, 1.165) is 42.0 Å². The van der Waals surface area contributed by atoms with E-state index in [9.17, 15) is 0 Å². The second-order valence-electron chi connectivity index (χ2n) is 6.55. The number of H-pyrrole nitrogens is 1. The van der Waals surface area contributed by atoms with Gasteiger partial charge in [-0.05, 0) is 41.0 Å². The molecule has 0 radical (unpaired) electrons. The van der Waals surface area contributed by atoms with E-state index < -0.39 is 6.04 Å². The summed E-state index contributed by atoms with van der Waals surface area (Å²) < 4.78 is 4.93. The lowest BCUT2D eigenvalue weighted by Crippen LogP contribution is -2.35. The van der Waals surface area contributed by atoms with Gasteiger partial charge < -0.3 is 4.85 Å². The molecule has 0 saturated heterocycles. The number of fused-ring (bicyclic) bond motifs is 2. The van der Waals surface area contributed by atoms with Gasteiger partial charge in [-0.15, -0.1) is 0 Å². The lowest BCUT2D eigenvalue weighted by atomic mass is 9.77. The van der Waals surface area contributed by atoms with Gasteiger partial charge in [-0.1, -0.05) is 12.1 Å². The highest BCUT2D eigenvalue weighted by Crippen LogP contribution is 2.43. The van der Waals surface area contributed by atoms with Crippen molar-refractivity contribution in [3.63, 3.8) is 0 Å². The Morgan fingerprint density at radius 3 is 3.04 bits per heavy atom. The number of aromatic nitrogens is 4. The van der Waals surface area contributed by atoms with E-state index in [1.807, 2.05) is 24.4 Å². The SMILES string of the molecule is [C-]#[N+]C1C(C2CC=NCC2)=Nc2[nH]ncc2C1c1cccc2nonc12. The first-order valence-corrected chi connectivity index (χ1v) is 8.54. The van der Waals surface area contributed by atoms with Crippen molar-refractivity contribution in [2.24, 2.45) is 15.9 Å². The van der Waals surface area contributed by atoms with Crippen molar-refractivity contribution in [1.29, 1.82) is 0 Å². The Morgan fingerprint density at radius 1 is 1.23 bits per heavy atom. The van der Waals surface area contributed by atoms with Crippen molar-refractivity contribution in [2.75, 3.05) is 6.54 Å². The fourth-order valence-corrected chi connectivity index (χ4v) is 3.94. The molecule has 2 aliphatic rings. The van der Waals surface area contributed by atoms with Gasteiger partial charge in [0.2, 0.25) is 0 Å². The second-order valence-corrected chi connectivity index (χ2v) is 6.55. The summed E-state index contributed by atoms with van der Waals surface area (Å²) in [6.45, 7) is 8.69. The van der Waals surface area contributed by atoms with Gasteiger partial charge in [-0.3, -0.25) is 10.1 Å².